The highest BCUT2D eigenvalue weighted by Crippen LogP contribution is 2.39. The molecule has 0 unspecified atom stereocenters. The van der Waals surface area contributed by atoms with Gasteiger partial charge >= 0.3 is 5.51 Å². The van der Waals surface area contributed by atoms with Gasteiger partial charge in [-0.3, -0.25) is 0 Å². The van der Waals surface area contributed by atoms with Gasteiger partial charge in [-0.25, -0.2) is 0 Å². The first-order chi connectivity index (χ1) is 5.49. The first-order valence-corrected chi connectivity index (χ1v) is 4.60. The lowest BCUT2D eigenvalue weighted by Gasteiger charge is -2.06. The zero-order valence-electron chi connectivity index (χ0n) is 5.73. The van der Waals surface area contributed by atoms with Crippen molar-refractivity contribution in [3.05, 3.63) is 28.7 Å². The van der Waals surface area contributed by atoms with Crippen molar-refractivity contribution in [2.75, 3.05) is 0 Å². The van der Waals surface area contributed by atoms with Crippen molar-refractivity contribution in [2.45, 2.75) is 10.4 Å². The Balaban J connectivity index is 2.83. The van der Waals surface area contributed by atoms with E-state index in [1.54, 1.807) is 18.2 Å². The molecule has 0 heterocycles. The van der Waals surface area contributed by atoms with Crippen LogP contribution in [0.3, 0.4) is 0 Å². The van der Waals surface area contributed by atoms with Gasteiger partial charge in [0.2, 0.25) is 0 Å². The molecule has 0 radical (unpaired) electrons. The van der Waals surface area contributed by atoms with Gasteiger partial charge in [0.25, 0.3) is 0 Å². The zero-order chi connectivity index (χ0) is 9.19. The van der Waals surface area contributed by atoms with Crippen LogP contribution >= 0.6 is 27.7 Å². The molecular formula is C7H4BrF3S. The third kappa shape index (κ3) is 3.06. The topological polar surface area (TPSA) is 0 Å². The molecule has 1 rings (SSSR count). The minimum absolute atomic E-state index is 0.120. The maximum absolute atomic E-state index is 11.9. The van der Waals surface area contributed by atoms with E-state index in [0.29, 0.717) is 4.47 Å². The molecule has 0 aliphatic heterocycles. The molecule has 12 heavy (non-hydrogen) atoms. The van der Waals surface area contributed by atoms with E-state index in [0.717, 1.165) is 0 Å². The molecule has 0 aliphatic rings. The van der Waals surface area contributed by atoms with Crippen molar-refractivity contribution in [3.8, 4) is 0 Å². The number of alkyl halides is 3. The van der Waals surface area contributed by atoms with E-state index in [1.807, 2.05) is 0 Å². The highest BCUT2D eigenvalue weighted by Gasteiger charge is 2.29. The van der Waals surface area contributed by atoms with Crippen molar-refractivity contribution < 1.29 is 13.2 Å². The summed E-state index contributed by atoms with van der Waals surface area (Å²) in [6.07, 6.45) is 0. The molecule has 5 heteroatoms. The fourth-order valence-corrected chi connectivity index (χ4v) is 1.74. The molecule has 1 aromatic carbocycles. The third-order valence-electron chi connectivity index (χ3n) is 1.06. The second-order valence-electron chi connectivity index (χ2n) is 1.98. The zero-order valence-corrected chi connectivity index (χ0v) is 8.13. The predicted octanol–water partition coefficient (Wildman–Crippen LogP) is 4.06. The highest BCUT2D eigenvalue weighted by atomic mass is 79.9. The van der Waals surface area contributed by atoms with Crippen LogP contribution < -0.4 is 0 Å². The fraction of sp³-hybridized carbons (Fsp3) is 0.143. The predicted molar refractivity (Wildman–Crippen MR) is 46.1 cm³/mol. The van der Waals surface area contributed by atoms with Gasteiger partial charge in [-0.15, -0.1) is 0 Å². The van der Waals surface area contributed by atoms with E-state index >= 15 is 0 Å². The van der Waals surface area contributed by atoms with Crippen LogP contribution in [-0.2, 0) is 0 Å². The SMILES string of the molecule is FC(F)([18F])Sc1ccccc1Br. The summed E-state index contributed by atoms with van der Waals surface area (Å²) >= 11 is 2.91. The van der Waals surface area contributed by atoms with Gasteiger partial charge in [0.15, 0.2) is 0 Å². The minimum atomic E-state index is -4.22. The van der Waals surface area contributed by atoms with Crippen molar-refractivity contribution in [3.63, 3.8) is 0 Å². The van der Waals surface area contributed by atoms with E-state index in [1.165, 1.54) is 6.07 Å². The summed E-state index contributed by atoms with van der Waals surface area (Å²) in [5.41, 5.74) is -4.22. The lowest BCUT2D eigenvalue weighted by Crippen LogP contribution is -1.99. The maximum Gasteiger partial charge on any atom is 0.446 e. The third-order valence-corrected chi connectivity index (χ3v) is 2.82. The number of benzene rings is 1. The van der Waals surface area contributed by atoms with Crippen LogP contribution in [0.4, 0.5) is 13.2 Å². The molecule has 0 saturated carbocycles. The van der Waals surface area contributed by atoms with Crippen LogP contribution in [-0.4, -0.2) is 5.51 Å². The first kappa shape index (κ1) is 9.92. The Kier molecular flexibility index (Phi) is 3.06. The number of rotatable bonds is 1. The van der Waals surface area contributed by atoms with Crippen molar-refractivity contribution >= 4 is 27.7 Å². The fourth-order valence-electron chi connectivity index (χ4n) is 0.652. The lowest BCUT2D eigenvalue weighted by atomic mass is 10.4. The number of hydrogen-bond acceptors (Lipinski definition) is 1. The molecule has 0 atom stereocenters. The Morgan fingerprint density at radius 3 is 2.25 bits per heavy atom. The molecule has 0 amide bonds. The van der Waals surface area contributed by atoms with E-state index in [-0.39, 0.29) is 16.7 Å². The average Bonchev–Trinajstić information content (AvgIpc) is 1.91. The quantitative estimate of drug-likeness (QED) is 0.683. The Labute approximate surface area is 80.3 Å². The maximum atomic E-state index is 11.9. The normalized spacial score (nSPS) is 11.7. The molecule has 0 fully saturated rings. The summed E-state index contributed by atoms with van der Waals surface area (Å²) in [5.74, 6) is 0. The second-order valence-corrected chi connectivity index (χ2v) is 3.94. The van der Waals surface area contributed by atoms with Gasteiger partial charge in [-0.05, 0) is 39.8 Å². The van der Waals surface area contributed by atoms with Crippen molar-refractivity contribution in [2.24, 2.45) is 0 Å². The average molecular weight is 256 g/mol. The minimum Gasteiger partial charge on any atom is -0.160 e. The highest BCUT2D eigenvalue weighted by molar-refractivity contribution is 9.10. The Morgan fingerprint density at radius 2 is 1.75 bits per heavy atom. The number of thioether (sulfide) groups is 1. The van der Waals surface area contributed by atoms with Crippen LogP contribution in [0.5, 0.6) is 0 Å². The largest absolute Gasteiger partial charge is 0.446 e. The molecule has 0 bridgehead atoms. The van der Waals surface area contributed by atoms with E-state index in [2.05, 4.69) is 15.9 Å². The van der Waals surface area contributed by atoms with Crippen LogP contribution in [0.15, 0.2) is 33.6 Å². The summed E-state index contributed by atoms with van der Waals surface area (Å²) < 4.78 is 36.1. The Morgan fingerprint density at radius 1 is 1.17 bits per heavy atom. The smallest absolute Gasteiger partial charge is 0.160 e. The van der Waals surface area contributed by atoms with Crippen LogP contribution in [0.25, 0.3) is 0 Å². The van der Waals surface area contributed by atoms with E-state index < -0.39 is 5.51 Å². The summed E-state index contributed by atoms with van der Waals surface area (Å²) in [7, 11) is 0. The number of hydrogen-bond donors (Lipinski definition) is 0. The molecule has 66 valence electrons. The molecular weight excluding hydrogens is 252 g/mol. The lowest BCUT2D eigenvalue weighted by molar-refractivity contribution is -0.0328. The molecule has 0 aromatic heterocycles. The molecule has 0 N–H and O–H groups in total. The van der Waals surface area contributed by atoms with Gasteiger partial charge in [0.1, 0.15) is 0 Å². The molecule has 1 aromatic rings. The second kappa shape index (κ2) is 3.70. The van der Waals surface area contributed by atoms with Crippen LogP contribution in [0.2, 0.25) is 0 Å². The van der Waals surface area contributed by atoms with Crippen molar-refractivity contribution in [1.82, 2.24) is 0 Å². The molecule has 0 saturated heterocycles. The molecule has 0 spiro atoms. The number of halogens is 4. The van der Waals surface area contributed by atoms with E-state index in [4.69, 9.17) is 0 Å². The Bertz CT molecular complexity index is 272. The summed E-state index contributed by atoms with van der Waals surface area (Å²) in [5, 5.41) is 0. The monoisotopic (exact) mass is 255 g/mol. The standard InChI is InChI=1S/C7H4BrF3S/c8-5-3-1-2-4-6(5)12-7(9,10)11/h1-4H/i9-1. The molecule has 0 aliphatic carbocycles. The van der Waals surface area contributed by atoms with Gasteiger partial charge in [0, 0.05) is 9.37 Å². The van der Waals surface area contributed by atoms with Gasteiger partial charge in [-0.2, -0.15) is 13.2 Å². The van der Waals surface area contributed by atoms with Crippen molar-refractivity contribution in [1.29, 1.82) is 0 Å². The molecule has 0 nitrogen and oxygen atoms in total. The van der Waals surface area contributed by atoms with Crippen LogP contribution in [0.1, 0.15) is 0 Å². The van der Waals surface area contributed by atoms with Crippen LogP contribution in [0, 0.1) is 0 Å². The summed E-state index contributed by atoms with van der Waals surface area (Å²) in [4.78, 5) is 0.185. The summed E-state index contributed by atoms with van der Waals surface area (Å²) in [6.45, 7) is 0. The van der Waals surface area contributed by atoms with E-state index in [9.17, 15) is 13.2 Å². The van der Waals surface area contributed by atoms with Gasteiger partial charge in [-0.1, -0.05) is 12.1 Å². The van der Waals surface area contributed by atoms with Gasteiger partial charge < -0.3 is 0 Å². The first-order valence-electron chi connectivity index (χ1n) is 2.99. The van der Waals surface area contributed by atoms with Gasteiger partial charge in [0.05, 0.1) is 0 Å². The summed E-state index contributed by atoms with van der Waals surface area (Å²) in [6, 6.07) is 6.24. The Hall–Kier alpha value is -0.160.